The van der Waals surface area contributed by atoms with E-state index in [1.807, 2.05) is 4.90 Å². The average molecular weight is 439 g/mol. The second kappa shape index (κ2) is 7.27. The van der Waals surface area contributed by atoms with E-state index in [2.05, 4.69) is 25.9 Å². The summed E-state index contributed by atoms with van der Waals surface area (Å²) in [5, 5.41) is 9.29. The Morgan fingerprint density at radius 3 is 2.79 bits per heavy atom. The molecule has 0 unspecified atom stereocenters. The monoisotopic (exact) mass is 437 g/mol. The quantitative estimate of drug-likeness (QED) is 0.332. The van der Waals surface area contributed by atoms with Gasteiger partial charge in [0, 0.05) is 19.2 Å². The van der Waals surface area contributed by atoms with Gasteiger partial charge < -0.3 is 10.0 Å². The minimum atomic E-state index is -0.739. The van der Waals surface area contributed by atoms with Gasteiger partial charge in [-0.3, -0.25) is 0 Å². The molecular formula is C15H15BrClF2N3OS. The van der Waals surface area contributed by atoms with Crippen LogP contribution in [0.25, 0.3) is 10.9 Å². The van der Waals surface area contributed by atoms with Crippen molar-refractivity contribution in [1.82, 2.24) is 9.97 Å². The van der Waals surface area contributed by atoms with Crippen molar-refractivity contribution in [2.24, 2.45) is 0 Å². The summed E-state index contributed by atoms with van der Waals surface area (Å²) in [7, 11) is 0. The molecule has 0 amide bonds. The third kappa shape index (κ3) is 2.98. The maximum absolute atomic E-state index is 14.8. The molecule has 1 fully saturated rings. The number of aromatic nitrogens is 2. The Kier molecular flexibility index (Phi) is 5.48. The molecule has 1 aromatic heterocycles. The number of aliphatic hydroxyl groups is 1. The first-order chi connectivity index (χ1) is 11.5. The fraction of sp³-hybridized carbons (Fsp3) is 0.467. The van der Waals surface area contributed by atoms with Gasteiger partial charge in [-0.2, -0.15) is 0 Å². The Morgan fingerprint density at radius 1 is 1.38 bits per heavy atom. The maximum atomic E-state index is 14.8. The molecule has 3 rings (SSSR count). The lowest BCUT2D eigenvalue weighted by atomic mass is 10.1. The van der Waals surface area contributed by atoms with Crippen LogP contribution >= 0.6 is 39.3 Å². The molecule has 0 spiro atoms. The average Bonchev–Trinajstić information content (AvgIpc) is 3.05. The Balaban J connectivity index is 2.30. The molecule has 0 bridgehead atoms. The Hall–Kier alpha value is -0.700. The summed E-state index contributed by atoms with van der Waals surface area (Å²) in [6.45, 7) is 0.696. The van der Waals surface area contributed by atoms with Gasteiger partial charge in [0.2, 0.25) is 0 Å². The van der Waals surface area contributed by atoms with Crippen LogP contribution in [0.15, 0.2) is 9.63 Å². The van der Waals surface area contributed by atoms with Crippen molar-refractivity contribution in [3.05, 3.63) is 21.1 Å². The van der Waals surface area contributed by atoms with E-state index >= 15 is 0 Å². The van der Waals surface area contributed by atoms with Gasteiger partial charge in [-0.25, -0.2) is 18.7 Å². The molecule has 0 radical (unpaired) electrons. The number of thioether (sulfide) groups is 1. The van der Waals surface area contributed by atoms with Crippen molar-refractivity contribution in [2.75, 3.05) is 24.3 Å². The van der Waals surface area contributed by atoms with Crippen LogP contribution in [0.1, 0.15) is 19.3 Å². The molecule has 130 valence electrons. The molecule has 1 saturated heterocycles. The van der Waals surface area contributed by atoms with Crippen LogP contribution < -0.4 is 4.90 Å². The highest BCUT2D eigenvalue weighted by Crippen LogP contribution is 2.40. The summed E-state index contributed by atoms with van der Waals surface area (Å²) < 4.78 is 29.3. The number of nitrogens with zero attached hydrogens (tertiary/aromatic N) is 3. The van der Waals surface area contributed by atoms with Gasteiger partial charge in [-0.1, -0.05) is 23.4 Å². The zero-order valence-electron chi connectivity index (χ0n) is 12.8. The van der Waals surface area contributed by atoms with Gasteiger partial charge in [0.25, 0.3) is 0 Å². The number of hydrogen-bond acceptors (Lipinski definition) is 5. The van der Waals surface area contributed by atoms with Gasteiger partial charge >= 0.3 is 0 Å². The molecule has 1 aromatic carbocycles. The SMILES string of the molecule is CSc1nc(N2CCC[C@@H]2CCO)c2c(F)c(Cl)c(Br)c(F)c2n1. The van der Waals surface area contributed by atoms with Crippen LogP contribution in [-0.4, -0.2) is 40.5 Å². The van der Waals surface area contributed by atoms with E-state index < -0.39 is 11.6 Å². The van der Waals surface area contributed by atoms with E-state index in [9.17, 15) is 13.9 Å². The van der Waals surface area contributed by atoms with Crippen molar-refractivity contribution in [1.29, 1.82) is 0 Å². The minimum Gasteiger partial charge on any atom is -0.396 e. The Bertz CT molecular complexity index is 795. The van der Waals surface area contributed by atoms with E-state index in [1.54, 1.807) is 6.26 Å². The zero-order chi connectivity index (χ0) is 17.4. The Morgan fingerprint density at radius 2 is 2.12 bits per heavy atom. The number of hydrogen-bond donors (Lipinski definition) is 1. The summed E-state index contributed by atoms with van der Waals surface area (Å²) in [6.07, 6.45) is 4.10. The van der Waals surface area contributed by atoms with Gasteiger partial charge in [0.15, 0.2) is 16.8 Å². The van der Waals surface area contributed by atoms with Crippen LogP contribution in [0.5, 0.6) is 0 Å². The second-order valence-corrected chi connectivity index (χ2v) is 7.46. The van der Waals surface area contributed by atoms with Gasteiger partial charge in [0.1, 0.15) is 11.3 Å². The van der Waals surface area contributed by atoms with Crippen LogP contribution in [-0.2, 0) is 0 Å². The molecule has 1 N–H and O–H groups in total. The van der Waals surface area contributed by atoms with Crippen LogP contribution in [0.3, 0.4) is 0 Å². The molecular weight excluding hydrogens is 424 g/mol. The predicted molar refractivity (Wildman–Crippen MR) is 96.0 cm³/mol. The molecule has 4 nitrogen and oxygen atoms in total. The molecule has 1 aliphatic heterocycles. The topological polar surface area (TPSA) is 49.2 Å². The van der Waals surface area contributed by atoms with Crippen LogP contribution in [0, 0.1) is 11.6 Å². The van der Waals surface area contributed by atoms with Crippen LogP contribution in [0.2, 0.25) is 5.02 Å². The largest absolute Gasteiger partial charge is 0.396 e. The fourth-order valence-electron chi connectivity index (χ4n) is 3.06. The van der Waals surface area contributed by atoms with Gasteiger partial charge in [-0.05, 0) is 41.4 Å². The van der Waals surface area contributed by atoms with Gasteiger partial charge in [-0.15, -0.1) is 0 Å². The summed E-state index contributed by atoms with van der Waals surface area (Å²) in [4.78, 5) is 10.5. The van der Waals surface area contributed by atoms with Crippen molar-refractivity contribution >= 4 is 56.0 Å². The number of benzene rings is 1. The fourth-order valence-corrected chi connectivity index (χ4v) is 3.96. The molecule has 9 heteroatoms. The van der Waals surface area contributed by atoms with E-state index in [4.69, 9.17) is 11.6 Å². The number of rotatable bonds is 4. The Labute approximate surface area is 155 Å². The van der Waals surface area contributed by atoms with E-state index in [1.165, 1.54) is 11.8 Å². The van der Waals surface area contributed by atoms with Crippen molar-refractivity contribution < 1.29 is 13.9 Å². The number of aliphatic hydroxyl groups excluding tert-OH is 1. The zero-order valence-corrected chi connectivity index (χ0v) is 16.0. The van der Waals surface area contributed by atoms with Crippen LogP contribution in [0.4, 0.5) is 14.6 Å². The molecule has 1 aliphatic rings. The highest BCUT2D eigenvalue weighted by Gasteiger charge is 2.30. The first kappa shape index (κ1) is 18.1. The highest BCUT2D eigenvalue weighted by atomic mass is 79.9. The number of halogens is 4. The van der Waals surface area contributed by atoms with E-state index in [0.717, 1.165) is 12.8 Å². The third-order valence-corrected chi connectivity index (χ3v) is 6.04. The molecule has 0 aliphatic carbocycles. The standard InChI is InChI=1S/C15H15BrClF2N3OS/c1-24-15-20-13-8(11(18)10(17)9(16)12(13)19)14(21-15)22-5-2-3-7(22)4-6-23/h7,23H,2-6H2,1H3/t7-/m1/s1. The molecule has 0 saturated carbocycles. The lowest BCUT2D eigenvalue weighted by Crippen LogP contribution is -2.31. The molecule has 2 heterocycles. The second-order valence-electron chi connectivity index (χ2n) is 5.52. The lowest BCUT2D eigenvalue weighted by Gasteiger charge is -2.27. The maximum Gasteiger partial charge on any atom is 0.189 e. The van der Waals surface area contributed by atoms with Gasteiger partial charge in [0.05, 0.1) is 14.9 Å². The first-order valence-corrected chi connectivity index (χ1v) is 9.84. The van der Waals surface area contributed by atoms with Crippen molar-refractivity contribution in [3.8, 4) is 0 Å². The third-order valence-electron chi connectivity index (χ3n) is 4.17. The van der Waals surface area contributed by atoms with E-state index in [-0.39, 0.29) is 33.0 Å². The minimum absolute atomic E-state index is 0.0108. The van der Waals surface area contributed by atoms with Crippen molar-refractivity contribution in [2.45, 2.75) is 30.5 Å². The van der Waals surface area contributed by atoms with Crippen molar-refractivity contribution in [3.63, 3.8) is 0 Å². The summed E-state index contributed by atoms with van der Waals surface area (Å²) in [5.74, 6) is -1.10. The first-order valence-electron chi connectivity index (χ1n) is 7.44. The molecule has 2 aromatic rings. The summed E-state index contributed by atoms with van der Waals surface area (Å²) in [5.41, 5.74) is -0.0900. The normalized spacial score (nSPS) is 17.9. The molecule has 24 heavy (non-hydrogen) atoms. The summed E-state index contributed by atoms with van der Waals surface area (Å²) in [6, 6.07) is 0.0349. The number of fused-ring (bicyclic) bond motifs is 1. The molecule has 1 atom stereocenters. The number of anilines is 1. The van der Waals surface area contributed by atoms with E-state index in [0.29, 0.717) is 23.9 Å². The predicted octanol–water partition coefficient (Wildman–Crippen LogP) is 4.40. The summed E-state index contributed by atoms with van der Waals surface area (Å²) >= 11 is 10.2. The highest BCUT2D eigenvalue weighted by molar-refractivity contribution is 9.10. The lowest BCUT2D eigenvalue weighted by molar-refractivity contribution is 0.275. The smallest absolute Gasteiger partial charge is 0.189 e.